The summed E-state index contributed by atoms with van der Waals surface area (Å²) in [5.41, 5.74) is 0. The molecular weight excluding hydrogens is 179 g/mol. The molecule has 66 valence electrons. The third-order valence-electron chi connectivity index (χ3n) is 1.31. The summed E-state index contributed by atoms with van der Waals surface area (Å²) in [6.07, 6.45) is 0.310. The Hall–Kier alpha value is -0.970. The molecule has 0 saturated heterocycles. The minimum Gasteiger partial charge on any atom is -0.299 e. The van der Waals surface area contributed by atoms with Crippen molar-refractivity contribution in [3.05, 3.63) is 11.6 Å². The number of carbonyl (C=O) groups is 1. The molecule has 1 rings (SSSR count). The number of alkyl halides is 1. The van der Waals surface area contributed by atoms with Crippen LogP contribution in [0.1, 0.15) is 13.3 Å². The molecule has 0 saturated carbocycles. The summed E-state index contributed by atoms with van der Waals surface area (Å²) in [7, 11) is 0. The van der Waals surface area contributed by atoms with E-state index in [4.69, 9.17) is 0 Å². The summed E-state index contributed by atoms with van der Waals surface area (Å²) >= 11 is 1.27. The Morgan fingerprint density at radius 1 is 1.92 bits per heavy atom. The van der Waals surface area contributed by atoms with E-state index in [9.17, 15) is 9.18 Å². The van der Waals surface area contributed by atoms with Crippen molar-refractivity contribution in [1.82, 2.24) is 4.98 Å². The lowest BCUT2D eigenvalue weighted by atomic mass is 10.3. The van der Waals surface area contributed by atoms with Crippen LogP contribution in [0.2, 0.25) is 0 Å². The number of amides is 1. The van der Waals surface area contributed by atoms with Crippen LogP contribution in [0.3, 0.4) is 0 Å². The van der Waals surface area contributed by atoms with Crippen LogP contribution in [0.4, 0.5) is 9.52 Å². The normalized spacial score (nSPS) is 12.5. The predicted octanol–water partition coefficient (Wildman–Crippen LogP) is 1.83. The molecule has 1 unspecified atom stereocenters. The molecule has 3 nitrogen and oxygen atoms in total. The molecule has 0 aliphatic heterocycles. The first-order chi connectivity index (χ1) is 5.74. The molecule has 1 heterocycles. The van der Waals surface area contributed by atoms with Crippen LogP contribution >= 0.6 is 11.3 Å². The zero-order chi connectivity index (χ0) is 8.97. The van der Waals surface area contributed by atoms with E-state index in [0.717, 1.165) is 0 Å². The summed E-state index contributed by atoms with van der Waals surface area (Å²) in [6, 6.07) is 0. The van der Waals surface area contributed by atoms with Gasteiger partial charge in [0.05, 0.1) is 0 Å². The molecule has 12 heavy (non-hydrogen) atoms. The van der Waals surface area contributed by atoms with Crippen LogP contribution in [0.25, 0.3) is 0 Å². The molecular formula is C7H9FN2OS. The van der Waals surface area contributed by atoms with Crippen molar-refractivity contribution < 1.29 is 9.18 Å². The molecule has 1 N–H and O–H groups in total. The zero-order valence-electron chi connectivity index (χ0n) is 6.58. The molecule has 0 radical (unpaired) electrons. The molecule has 1 aromatic heterocycles. The van der Waals surface area contributed by atoms with Gasteiger partial charge in [0.1, 0.15) is 0 Å². The van der Waals surface area contributed by atoms with Gasteiger partial charge in [-0.1, -0.05) is 6.92 Å². The van der Waals surface area contributed by atoms with Crippen LogP contribution in [-0.4, -0.2) is 17.1 Å². The summed E-state index contributed by atoms with van der Waals surface area (Å²) in [5.74, 6) is -0.618. The van der Waals surface area contributed by atoms with Gasteiger partial charge >= 0.3 is 0 Å². The van der Waals surface area contributed by atoms with Crippen molar-refractivity contribution >= 4 is 22.4 Å². The molecule has 1 amide bonds. The van der Waals surface area contributed by atoms with Gasteiger partial charge < -0.3 is 0 Å². The highest BCUT2D eigenvalue weighted by Crippen LogP contribution is 2.11. The van der Waals surface area contributed by atoms with Crippen LogP contribution < -0.4 is 5.32 Å². The lowest BCUT2D eigenvalue weighted by Gasteiger charge is -2.03. The second kappa shape index (κ2) is 4.15. The number of halogens is 1. The summed E-state index contributed by atoms with van der Waals surface area (Å²) in [6.45, 7) is 1.62. The van der Waals surface area contributed by atoms with E-state index in [-0.39, 0.29) is 6.42 Å². The number of hydrogen-bond donors (Lipinski definition) is 1. The first-order valence-corrected chi connectivity index (χ1v) is 4.46. The van der Waals surface area contributed by atoms with E-state index >= 15 is 0 Å². The van der Waals surface area contributed by atoms with Gasteiger partial charge in [-0.2, -0.15) is 0 Å². The van der Waals surface area contributed by atoms with Crippen molar-refractivity contribution in [2.24, 2.45) is 0 Å². The Bertz CT molecular complexity index is 250. The van der Waals surface area contributed by atoms with Gasteiger partial charge in [-0.25, -0.2) is 9.37 Å². The number of carbonyl (C=O) groups excluding carboxylic acids is 1. The number of hydrogen-bond acceptors (Lipinski definition) is 3. The fourth-order valence-corrected chi connectivity index (χ4v) is 1.19. The highest BCUT2D eigenvalue weighted by Gasteiger charge is 2.14. The summed E-state index contributed by atoms with van der Waals surface area (Å²) < 4.78 is 12.7. The minimum atomic E-state index is -1.44. The Balaban J connectivity index is 2.47. The molecule has 0 aliphatic carbocycles. The SMILES string of the molecule is CCC(F)C(=O)Nc1nccs1. The van der Waals surface area contributed by atoms with Crippen molar-refractivity contribution in [2.45, 2.75) is 19.5 Å². The van der Waals surface area contributed by atoms with Crippen LogP contribution in [0.15, 0.2) is 11.6 Å². The van der Waals surface area contributed by atoms with Gasteiger partial charge in [0.2, 0.25) is 0 Å². The summed E-state index contributed by atoms with van der Waals surface area (Å²) in [4.78, 5) is 14.7. The van der Waals surface area contributed by atoms with Gasteiger partial charge in [-0.15, -0.1) is 11.3 Å². The molecule has 1 atom stereocenters. The lowest BCUT2D eigenvalue weighted by molar-refractivity contribution is -0.120. The average molecular weight is 188 g/mol. The number of nitrogens with one attached hydrogen (secondary N) is 1. The maximum atomic E-state index is 12.7. The monoisotopic (exact) mass is 188 g/mol. The number of thiazole rings is 1. The largest absolute Gasteiger partial charge is 0.299 e. The van der Waals surface area contributed by atoms with Crippen LogP contribution in [-0.2, 0) is 4.79 Å². The highest BCUT2D eigenvalue weighted by atomic mass is 32.1. The van der Waals surface area contributed by atoms with Crippen molar-refractivity contribution in [2.75, 3.05) is 5.32 Å². The van der Waals surface area contributed by atoms with Crippen molar-refractivity contribution in [1.29, 1.82) is 0 Å². The first kappa shape index (κ1) is 9.12. The maximum absolute atomic E-state index is 12.7. The Morgan fingerprint density at radius 3 is 3.17 bits per heavy atom. The highest BCUT2D eigenvalue weighted by molar-refractivity contribution is 7.13. The number of anilines is 1. The fourth-order valence-electron chi connectivity index (χ4n) is 0.654. The Kier molecular flexibility index (Phi) is 3.16. The molecule has 0 aliphatic rings. The van der Waals surface area contributed by atoms with Crippen molar-refractivity contribution in [3.8, 4) is 0 Å². The zero-order valence-corrected chi connectivity index (χ0v) is 7.40. The van der Waals surface area contributed by atoms with Crippen LogP contribution in [0.5, 0.6) is 0 Å². The van der Waals surface area contributed by atoms with E-state index in [2.05, 4.69) is 10.3 Å². The van der Waals surface area contributed by atoms with Crippen molar-refractivity contribution in [3.63, 3.8) is 0 Å². The molecule has 1 aromatic rings. The molecule has 0 fully saturated rings. The second-order valence-corrected chi connectivity index (χ2v) is 3.10. The number of nitrogens with zero attached hydrogens (tertiary/aromatic N) is 1. The average Bonchev–Trinajstić information content (AvgIpc) is 2.55. The van der Waals surface area contributed by atoms with E-state index in [1.54, 1.807) is 18.5 Å². The third-order valence-corrected chi connectivity index (χ3v) is 1.99. The third kappa shape index (κ3) is 2.27. The minimum absolute atomic E-state index is 0.192. The molecule has 0 spiro atoms. The Morgan fingerprint density at radius 2 is 2.67 bits per heavy atom. The first-order valence-electron chi connectivity index (χ1n) is 3.58. The van der Waals surface area contributed by atoms with Gasteiger partial charge in [-0.05, 0) is 6.42 Å². The predicted molar refractivity (Wildman–Crippen MR) is 45.9 cm³/mol. The van der Waals surface area contributed by atoms with Gasteiger partial charge in [0.25, 0.3) is 5.91 Å². The maximum Gasteiger partial charge on any atom is 0.260 e. The second-order valence-electron chi connectivity index (χ2n) is 2.20. The van der Waals surface area contributed by atoms with E-state index in [1.807, 2.05) is 0 Å². The quantitative estimate of drug-likeness (QED) is 0.786. The van der Waals surface area contributed by atoms with Gasteiger partial charge in [0.15, 0.2) is 11.3 Å². The summed E-state index contributed by atoms with van der Waals surface area (Å²) in [5, 5.41) is 4.52. The molecule has 5 heteroatoms. The van der Waals surface area contributed by atoms with E-state index < -0.39 is 12.1 Å². The number of rotatable bonds is 3. The standard InChI is InChI=1S/C7H9FN2OS/c1-2-5(8)6(11)10-7-9-3-4-12-7/h3-5H,2H2,1H3,(H,9,10,11). The van der Waals surface area contributed by atoms with Gasteiger partial charge in [0, 0.05) is 11.6 Å². The van der Waals surface area contributed by atoms with E-state index in [0.29, 0.717) is 5.13 Å². The number of aromatic nitrogens is 1. The molecule has 0 bridgehead atoms. The van der Waals surface area contributed by atoms with E-state index in [1.165, 1.54) is 11.3 Å². The Labute approximate surface area is 73.6 Å². The fraction of sp³-hybridized carbons (Fsp3) is 0.429. The smallest absolute Gasteiger partial charge is 0.260 e. The lowest BCUT2D eigenvalue weighted by Crippen LogP contribution is -2.23. The molecule has 0 aromatic carbocycles. The van der Waals surface area contributed by atoms with Crippen LogP contribution in [0, 0.1) is 0 Å². The van der Waals surface area contributed by atoms with Gasteiger partial charge in [-0.3, -0.25) is 10.1 Å². The topological polar surface area (TPSA) is 42.0 Å².